The second-order valence-electron chi connectivity index (χ2n) is 9.22. The SMILES string of the molecule is O=C(NCC1CCCO1)C(c1ccc(F)cc1)N(Cc1ccc(F)cc1)C(=O)Cn1nnc2ccccc21. The molecule has 1 fully saturated rings. The number of rotatable bonds is 9. The predicted molar refractivity (Wildman–Crippen MR) is 136 cm³/mol. The lowest BCUT2D eigenvalue weighted by Crippen LogP contribution is -2.46. The second-order valence-corrected chi connectivity index (χ2v) is 9.22. The van der Waals surface area contributed by atoms with Gasteiger partial charge in [0.1, 0.15) is 29.7 Å². The number of hydrogen-bond donors (Lipinski definition) is 1. The summed E-state index contributed by atoms with van der Waals surface area (Å²) in [6, 6.07) is 17.4. The number of nitrogens with zero attached hydrogens (tertiary/aromatic N) is 4. The number of fused-ring (bicyclic) bond motifs is 1. The third-order valence-electron chi connectivity index (χ3n) is 6.57. The monoisotopic (exact) mass is 519 g/mol. The van der Waals surface area contributed by atoms with E-state index in [9.17, 15) is 18.4 Å². The number of hydrogen-bond acceptors (Lipinski definition) is 5. The summed E-state index contributed by atoms with van der Waals surface area (Å²) >= 11 is 0. The van der Waals surface area contributed by atoms with Crippen molar-refractivity contribution >= 4 is 22.8 Å². The number of halogens is 2. The Balaban J connectivity index is 1.49. The Labute approximate surface area is 218 Å². The molecule has 38 heavy (non-hydrogen) atoms. The van der Waals surface area contributed by atoms with Gasteiger partial charge >= 0.3 is 0 Å². The number of benzene rings is 3. The zero-order chi connectivity index (χ0) is 26.5. The van der Waals surface area contributed by atoms with Gasteiger partial charge in [-0.05, 0) is 60.4 Å². The van der Waals surface area contributed by atoms with Gasteiger partial charge in [0.05, 0.1) is 11.6 Å². The molecule has 2 unspecified atom stereocenters. The lowest BCUT2D eigenvalue weighted by atomic mass is 10.0. The molecule has 8 nitrogen and oxygen atoms in total. The van der Waals surface area contributed by atoms with Crippen LogP contribution in [0.1, 0.15) is 30.0 Å². The van der Waals surface area contributed by atoms with Gasteiger partial charge in [0.15, 0.2) is 0 Å². The Morgan fingerprint density at radius 3 is 2.45 bits per heavy atom. The highest BCUT2D eigenvalue weighted by Crippen LogP contribution is 2.26. The van der Waals surface area contributed by atoms with Crippen LogP contribution in [0.2, 0.25) is 0 Å². The molecule has 1 aliphatic heterocycles. The van der Waals surface area contributed by atoms with Crippen LogP contribution in [0.3, 0.4) is 0 Å². The summed E-state index contributed by atoms with van der Waals surface area (Å²) in [4.78, 5) is 28.9. The third kappa shape index (κ3) is 5.86. The van der Waals surface area contributed by atoms with E-state index in [1.165, 1.54) is 46.0 Å². The van der Waals surface area contributed by atoms with Crippen molar-refractivity contribution in [3.05, 3.63) is 95.6 Å². The molecule has 2 heterocycles. The van der Waals surface area contributed by atoms with Gasteiger partial charge in [-0.25, -0.2) is 13.5 Å². The first-order valence-corrected chi connectivity index (χ1v) is 12.4. The average molecular weight is 520 g/mol. The molecule has 0 aliphatic carbocycles. The molecule has 1 N–H and O–H groups in total. The maximum absolute atomic E-state index is 13.9. The van der Waals surface area contributed by atoms with E-state index in [1.807, 2.05) is 12.1 Å². The fourth-order valence-electron chi connectivity index (χ4n) is 4.60. The summed E-state index contributed by atoms with van der Waals surface area (Å²) < 4.78 is 34.5. The summed E-state index contributed by atoms with van der Waals surface area (Å²) in [5.41, 5.74) is 2.37. The number of aromatic nitrogens is 3. The molecule has 0 radical (unpaired) electrons. The maximum atomic E-state index is 13.9. The van der Waals surface area contributed by atoms with Crippen LogP contribution in [-0.4, -0.2) is 51.0 Å². The maximum Gasteiger partial charge on any atom is 0.247 e. The summed E-state index contributed by atoms with van der Waals surface area (Å²) in [6.07, 6.45) is 1.65. The Morgan fingerprint density at radius 2 is 1.74 bits per heavy atom. The predicted octanol–water partition coefficient (Wildman–Crippen LogP) is 3.77. The Kier molecular flexibility index (Phi) is 7.69. The van der Waals surface area contributed by atoms with Crippen LogP contribution in [0.15, 0.2) is 72.8 Å². The molecule has 1 aromatic heterocycles. The second kappa shape index (κ2) is 11.5. The molecule has 3 aromatic carbocycles. The van der Waals surface area contributed by atoms with Crippen LogP contribution >= 0.6 is 0 Å². The van der Waals surface area contributed by atoms with Crippen molar-refractivity contribution in [3.63, 3.8) is 0 Å². The fourth-order valence-corrected chi connectivity index (χ4v) is 4.60. The highest BCUT2D eigenvalue weighted by molar-refractivity contribution is 5.89. The summed E-state index contributed by atoms with van der Waals surface area (Å²) in [5, 5.41) is 11.1. The van der Waals surface area contributed by atoms with E-state index in [-0.39, 0.29) is 19.2 Å². The quantitative estimate of drug-likeness (QED) is 0.364. The molecule has 10 heteroatoms. The Hall–Kier alpha value is -4.18. The van der Waals surface area contributed by atoms with Gasteiger partial charge < -0.3 is 15.0 Å². The van der Waals surface area contributed by atoms with Crippen LogP contribution in [0.25, 0.3) is 11.0 Å². The first-order chi connectivity index (χ1) is 18.5. The molecular weight excluding hydrogens is 492 g/mol. The van der Waals surface area contributed by atoms with Crippen molar-refractivity contribution in [3.8, 4) is 0 Å². The largest absolute Gasteiger partial charge is 0.376 e. The van der Waals surface area contributed by atoms with E-state index < -0.39 is 29.5 Å². The minimum atomic E-state index is -1.08. The lowest BCUT2D eigenvalue weighted by Gasteiger charge is -2.32. The minimum absolute atomic E-state index is 0.0150. The van der Waals surface area contributed by atoms with Gasteiger partial charge in [-0.3, -0.25) is 9.59 Å². The molecule has 4 aromatic rings. The van der Waals surface area contributed by atoms with Gasteiger partial charge in [-0.2, -0.15) is 0 Å². The van der Waals surface area contributed by atoms with Gasteiger partial charge in [0.2, 0.25) is 11.8 Å². The number of nitrogens with one attached hydrogen (secondary N) is 1. The van der Waals surface area contributed by atoms with Gasteiger partial charge in [-0.1, -0.05) is 41.6 Å². The Morgan fingerprint density at radius 1 is 1.03 bits per heavy atom. The number of amides is 2. The van der Waals surface area contributed by atoms with Crippen molar-refractivity contribution in [2.45, 2.75) is 38.1 Å². The molecule has 0 spiro atoms. The van der Waals surface area contributed by atoms with Crippen LogP contribution in [0, 0.1) is 11.6 Å². The molecule has 2 amide bonds. The van der Waals surface area contributed by atoms with Crippen LogP contribution in [0.4, 0.5) is 8.78 Å². The molecule has 196 valence electrons. The topological polar surface area (TPSA) is 89.4 Å². The highest BCUT2D eigenvalue weighted by atomic mass is 19.1. The molecular formula is C28H27F2N5O3. The Bertz CT molecular complexity index is 1400. The lowest BCUT2D eigenvalue weighted by molar-refractivity contribution is -0.142. The van der Waals surface area contributed by atoms with Crippen LogP contribution in [0.5, 0.6) is 0 Å². The van der Waals surface area contributed by atoms with E-state index in [0.717, 1.165) is 12.8 Å². The van der Waals surface area contributed by atoms with Gasteiger partial charge in [0, 0.05) is 19.7 Å². The van der Waals surface area contributed by atoms with Crippen molar-refractivity contribution in [2.24, 2.45) is 0 Å². The first kappa shape index (κ1) is 25.5. The zero-order valence-electron chi connectivity index (χ0n) is 20.6. The average Bonchev–Trinajstić information content (AvgIpc) is 3.60. The standard InChI is InChI=1S/C28H27F2N5O3/c29-21-11-7-19(8-12-21)17-34(26(36)18-35-25-6-2-1-5-24(25)32-33-35)27(20-9-13-22(30)14-10-20)28(37)31-16-23-4-3-15-38-23/h1-2,5-14,23,27H,3-4,15-18H2,(H,31,37). The number of carbonyl (C=O) groups excluding carboxylic acids is 2. The third-order valence-corrected chi connectivity index (χ3v) is 6.57. The van der Waals surface area contributed by atoms with E-state index in [4.69, 9.17) is 4.74 Å². The number of ether oxygens (including phenoxy) is 1. The molecule has 5 rings (SSSR count). The molecule has 1 saturated heterocycles. The summed E-state index contributed by atoms with van der Waals surface area (Å²) in [6.45, 7) is 0.769. The normalized spacial score (nSPS) is 15.9. The molecule has 0 saturated carbocycles. The fraction of sp³-hybridized carbons (Fsp3) is 0.286. The van der Waals surface area contributed by atoms with Crippen molar-refractivity contribution in [2.75, 3.05) is 13.2 Å². The van der Waals surface area contributed by atoms with E-state index in [2.05, 4.69) is 15.6 Å². The van der Waals surface area contributed by atoms with E-state index in [1.54, 1.807) is 24.3 Å². The van der Waals surface area contributed by atoms with Crippen molar-refractivity contribution < 1.29 is 23.1 Å². The number of para-hydroxylation sites is 1. The van der Waals surface area contributed by atoms with Crippen LogP contribution in [-0.2, 0) is 27.4 Å². The molecule has 0 bridgehead atoms. The summed E-state index contributed by atoms with van der Waals surface area (Å²) in [7, 11) is 0. The zero-order valence-corrected chi connectivity index (χ0v) is 20.6. The highest BCUT2D eigenvalue weighted by Gasteiger charge is 2.33. The summed E-state index contributed by atoms with van der Waals surface area (Å²) in [5.74, 6) is -1.71. The van der Waals surface area contributed by atoms with Crippen LogP contribution < -0.4 is 5.32 Å². The van der Waals surface area contributed by atoms with Crippen molar-refractivity contribution in [1.29, 1.82) is 0 Å². The van der Waals surface area contributed by atoms with Gasteiger partial charge in [0.25, 0.3) is 0 Å². The van der Waals surface area contributed by atoms with E-state index in [0.29, 0.717) is 35.3 Å². The molecule has 1 aliphatic rings. The number of carbonyl (C=O) groups is 2. The van der Waals surface area contributed by atoms with Crippen molar-refractivity contribution in [1.82, 2.24) is 25.2 Å². The molecule has 2 atom stereocenters. The minimum Gasteiger partial charge on any atom is -0.376 e. The van der Waals surface area contributed by atoms with E-state index >= 15 is 0 Å². The van der Waals surface area contributed by atoms with Gasteiger partial charge in [-0.15, -0.1) is 5.10 Å². The first-order valence-electron chi connectivity index (χ1n) is 12.4. The smallest absolute Gasteiger partial charge is 0.247 e.